The van der Waals surface area contributed by atoms with Crippen molar-refractivity contribution in [2.45, 2.75) is 26.7 Å². The minimum Gasteiger partial charge on any atom is -0.314 e. The Morgan fingerprint density at radius 1 is 1.20 bits per heavy atom. The minimum absolute atomic E-state index is 0.170. The lowest BCUT2D eigenvalue weighted by molar-refractivity contribution is -0.321. The van der Waals surface area contributed by atoms with Gasteiger partial charge in [0.15, 0.2) is 5.34 Å². The zero-order valence-corrected chi connectivity index (χ0v) is 12.5. The first kappa shape index (κ1) is 16.6. The van der Waals surface area contributed by atoms with Crippen molar-refractivity contribution in [2.24, 2.45) is 0 Å². The average molecular weight is 321 g/mol. The number of hydrogen-bond acceptors (Lipinski definition) is 6. The molecule has 0 aromatic heterocycles. The van der Waals surface area contributed by atoms with Gasteiger partial charge in [-0.25, -0.2) is 0 Å². The Labute approximate surface area is 126 Å². The molecule has 0 saturated carbocycles. The second-order valence-electron chi connectivity index (χ2n) is 3.77. The van der Waals surface area contributed by atoms with E-state index in [9.17, 15) is 9.59 Å². The molecule has 1 rings (SSSR count). The first-order chi connectivity index (χ1) is 9.43. The summed E-state index contributed by atoms with van der Waals surface area (Å²) in [5, 5.41) is 1.03. The molecule has 0 aliphatic carbocycles. The number of benzene rings is 1. The van der Waals surface area contributed by atoms with Gasteiger partial charge >= 0.3 is 11.9 Å². The van der Waals surface area contributed by atoms with Gasteiger partial charge < -0.3 is 9.68 Å². The van der Waals surface area contributed by atoms with Gasteiger partial charge in [-0.05, 0) is 30.7 Å². The van der Waals surface area contributed by atoms with Crippen LogP contribution in [0, 0.1) is 0 Å². The van der Waals surface area contributed by atoms with Crippen molar-refractivity contribution in [1.29, 1.82) is 0 Å². The number of carbonyl (C=O) groups excluding carboxylic acids is 2. The molecule has 0 aliphatic heterocycles. The van der Waals surface area contributed by atoms with Crippen molar-refractivity contribution >= 4 is 41.0 Å². The molecule has 0 aliphatic rings. The Kier molecular flexibility index (Phi) is 6.57. The molecule has 0 amide bonds. The summed E-state index contributed by atoms with van der Waals surface area (Å²) in [7, 11) is 0. The summed E-state index contributed by atoms with van der Waals surface area (Å²) in [6.07, 6.45) is 0.763. The molecule has 0 N–H and O–H groups in total. The predicted molar refractivity (Wildman–Crippen MR) is 74.4 cm³/mol. The van der Waals surface area contributed by atoms with E-state index < -0.39 is 11.9 Å². The van der Waals surface area contributed by atoms with Crippen molar-refractivity contribution in [2.75, 3.05) is 4.53 Å². The number of rotatable bonds is 6. The van der Waals surface area contributed by atoms with E-state index in [2.05, 4.69) is 0 Å². The van der Waals surface area contributed by atoms with Crippen molar-refractivity contribution in [1.82, 2.24) is 5.34 Å². The maximum absolute atomic E-state index is 11.5. The van der Waals surface area contributed by atoms with Gasteiger partial charge in [0.05, 0.1) is 5.69 Å². The van der Waals surface area contributed by atoms with Crippen LogP contribution >= 0.6 is 23.4 Å². The topological polar surface area (TPSA) is 59.1 Å². The molecule has 110 valence electrons. The van der Waals surface area contributed by atoms with Gasteiger partial charge in [0.1, 0.15) is 0 Å². The largest absolute Gasteiger partial charge is 0.331 e. The third-order valence-corrected chi connectivity index (χ3v) is 2.59. The third kappa shape index (κ3) is 5.24. The number of anilines is 1. The molecule has 0 spiro atoms. The summed E-state index contributed by atoms with van der Waals surface area (Å²) in [6, 6.07) is 6.32. The Hall–Kier alpha value is -1.50. The monoisotopic (exact) mass is 320 g/mol. The minimum atomic E-state index is -0.686. The van der Waals surface area contributed by atoms with Crippen LogP contribution in [0.3, 0.4) is 0 Å². The highest BCUT2D eigenvalue weighted by Gasteiger charge is 2.23. The standard InChI is InChI=1S/C12H14Cl2N2O4/c1-3-4-12(18)20-16(19-9(2)17)15(14)11-7-5-10(13)6-8-11/h5-8H,3-4H2,1-2H3. The van der Waals surface area contributed by atoms with Gasteiger partial charge in [-0.15, -0.1) is 4.53 Å². The zero-order valence-electron chi connectivity index (χ0n) is 11.0. The lowest BCUT2D eigenvalue weighted by Gasteiger charge is -2.25. The fourth-order valence-electron chi connectivity index (χ4n) is 1.20. The molecule has 6 nitrogen and oxygen atoms in total. The summed E-state index contributed by atoms with van der Waals surface area (Å²) >= 11 is 11.7. The number of carbonyl (C=O) groups is 2. The van der Waals surface area contributed by atoms with Gasteiger partial charge in [-0.2, -0.15) is 0 Å². The highest BCUT2D eigenvalue weighted by molar-refractivity contribution is 6.30. The average Bonchev–Trinajstić information content (AvgIpc) is 2.38. The molecule has 0 unspecified atom stereocenters. The zero-order chi connectivity index (χ0) is 15.1. The second kappa shape index (κ2) is 7.94. The number of hydrogen-bond donors (Lipinski definition) is 0. The normalized spacial score (nSPS) is 10.2. The maximum atomic E-state index is 11.5. The molecule has 8 heteroatoms. The van der Waals surface area contributed by atoms with Crippen LogP contribution in [0.15, 0.2) is 24.3 Å². The van der Waals surface area contributed by atoms with Gasteiger partial charge in [-0.3, -0.25) is 9.59 Å². The van der Waals surface area contributed by atoms with Crippen LogP contribution < -0.4 is 4.53 Å². The quantitative estimate of drug-likeness (QED) is 0.592. The third-order valence-electron chi connectivity index (χ3n) is 2.02. The summed E-state index contributed by atoms with van der Waals surface area (Å²) < 4.78 is 0.852. The molecule has 0 radical (unpaired) electrons. The van der Waals surface area contributed by atoms with Crippen LogP contribution in [0.1, 0.15) is 26.7 Å². The number of halogens is 2. The fraction of sp³-hybridized carbons (Fsp3) is 0.333. The molecular formula is C12H14Cl2N2O4. The van der Waals surface area contributed by atoms with Crippen molar-refractivity contribution in [3.05, 3.63) is 29.3 Å². The smallest absolute Gasteiger partial charge is 0.314 e. The molecule has 1 aromatic rings. The summed E-state index contributed by atoms with van der Waals surface area (Å²) in [6.45, 7) is 2.97. The van der Waals surface area contributed by atoms with Crippen molar-refractivity contribution in [3.8, 4) is 0 Å². The lowest BCUT2D eigenvalue weighted by atomic mass is 10.3. The van der Waals surface area contributed by atoms with Crippen LogP contribution in [-0.2, 0) is 19.3 Å². The summed E-state index contributed by atoms with van der Waals surface area (Å²) in [5.41, 5.74) is 0.404. The highest BCUT2D eigenvalue weighted by atomic mass is 35.5. The number of hydrazine groups is 1. The molecule has 0 saturated heterocycles. The molecule has 0 bridgehead atoms. The van der Waals surface area contributed by atoms with Crippen LogP contribution in [0.5, 0.6) is 0 Å². The van der Waals surface area contributed by atoms with E-state index in [0.29, 0.717) is 22.5 Å². The van der Waals surface area contributed by atoms with Crippen LogP contribution in [-0.4, -0.2) is 17.3 Å². The van der Waals surface area contributed by atoms with E-state index in [1.54, 1.807) is 24.3 Å². The van der Waals surface area contributed by atoms with Crippen molar-refractivity contribution in [3.63, 3.8) is 0 Å². The van der Waals surface area contributed by atoms with E-state index in [1.807, 2.05) is 6.92 Å². The van der Waals surface area contributed by atoms with Crippen LogP contribution in [0.4, 0.5) is 5.69 Å². The van der Waals surface area contributed by atoms with E-state index >= 15 is 0 Å². The summed E-state index contributed by atoms with van der Waals surface area (Å²) in [5.74, 6) is -1.26. The first-order valence-electron chi connectivity index (χ1n) is 5.85. The molecule has 20 heavy (non-hydrogen) atoms. The number of nitrogens with zero attached hydrogens (tertiary/aromatic N) is 2. The van der Waals surface area contributed by atoms with Crippen LogP contribution in [0.25, 0.3) is 0 Å². The maximum Gasteiger partial charge on any atom is 0.331 e. The molecular weight excluding hydrogens is 307 g/mol. The van der Waals surface area contributed by atoms with Gasteiger partial charge in [0.2, 0.25) is 0 Å². The summed E-state index contributed by atoms with van der Waals surface area (Å²) in [4.78, 5) is 32.1. The Bertz CT molecular complexity index is 467. The molecule has 0 atom stereocenters. The fourth-order valence-corrected chi connectivity index (χ4v) is 1.50. The van der Waals surface area contributed by atoms with Crippen molar-refractivity contribution < 1.29 is 19.3 Å². The van der Waals surface area contributed by atoms with E-state index in [-0.39, 0.29) is 6.42 Å². The van der Waals surface area contributed by atoms with E-state index in [0.717, 1.165) is 11.5 Å². The SMILES string of the molecule is CCCC(=O)ON(OC(C)=O)N(Cl)c1ccc(Cl)cc1. The van der Waals surface area contributed by atoms with Gasteiger partial charge in [-0.1, -0.05) is 18.5 Å². The second-order valence-corrected chi connectivity index (χ2v) is 4.53. The Balaban J connectivity index is 2.83. The Morgan fingerprint density at radius 3 is 2.30 bits per heavy atom. The van der Waals surface area contributed by atoms with E-state index in [1.165, 1.54) is 0 Å². The van der Waals surface area contributed by atoms with Crippen LogP contribution in [0.2, 0.25) is 5.02 Å². The predicted octanol–water partition coefficient (Wildman–Crippen LogP) is 3.25. The molecule has 1 aromatic carbocycles. The molecule has 0 fully saturated rings. The van der Waals surface area contributed by atoms with Gasteiger partial charge in [0.25, 0.3) is 0 Å². The lowest BCUT2D eigenvalue weighted by Crippen LogP contribution is -2.39. The van der Waals surface area contributed by atoms with Gasteiger partial charge in [0, 0.05) is 30.1 Å². The highest BCUT2D eigenvalue weighted by Crippen LogP contribution is 2.22. The first-order valence-corrected chi connectivity index (χ1v) is 6.56. The van der Waals surface area contributed by atoms with E-state index in [4.69, 9.17) is 33.1 Å². The molecule has 0 heterocycles. The Morgan fingerprint density at radius 2 is 1.80 bits per heavy atom.